The van der Waals surface area contributed by atoms with E-state index in [1.54, 1.807) is 4.68 Å². The lowest BCUT2D eigenvalue weighted by Crippen LogP contribution is -2.22. The summed E-state index contributed by atoms with van der Waals surface area (Å²) in [6.07, 6.45) is 5.59. The second-order valence-corrected chi connectivity index (χ2v) is 7.14. The van der Waals surface area contributed by atoms with Gasteiger partial charge in [-0.05, 0) is 61.6 Å². The molecule has 3 rings (SSSR count). The lowest BCUT2D eigenvalue weighted by molar-refractivity contribution is -0.147. The zero-order valence-corrected chi connectivity index (χ0v) is 14.9. The molecule has 1 aliphatic rings. The first kappa shape index (κ1) is 17.0. The Hall–Kier alpha value is -1.89. The van der Waals surface area contributed by atoms with Crippen molar-refractivity contribution in [2.45, 2.75) is 57.2 Å². The maximum Gasteiger partial charge on any atom is 0.316 e. The minimum atomic E-state index is -0.193. The molecule has 0 spiro atoms. The summed E-state index contributed by atoms with van der Waals surface area (Å²) in [5, 5.41) is 12.4. The largest absolute Gasteiger partial charge is 0.462 e. The molecule has 1 aromatic heterocycles. The smallest absolute Gasteiger partial charge is 0.316 e. The molecule has 0 N–H and O–H groups in total. The van der Waals surface area contributed by atoms with Crippen molar-refractivity contribution in [3.8, 4) is 5.69 Å². The average Bonchev–Trinajstić information content (AvgIpc) is 3.02. The minimum absolute atomic E-state index is 0.0854. The van der Waals surface area contributed by atoms with Crippen LogP contribution in [0.5, 0.6) is 0 Å². The van der Waals surface area contributed by atoms with E-state index in [4.69, 9.17) is 4.74 Å². The van der Waals surface area contributed by atoms with E-state index in [-0.39, 0.29) is 17.8 Å². The summed E-state index contributed by atoms with van der Waals surface area (Å²) in [6, 6.07) is 6.10. The molecular weight excluding hydrogens is 324 g/mol. The first-order valence-corrected chi connectivity index (χ1v) is 9.30. The monoisotopic (exact) mass is 346 g/mol. The van der Waals surface area contributed by atoms with Gasteiger partial charge in [-0.3, -0.25) is 4.79 Å². The Morgan fingerprint density at radius 3 is 2.83 bits per heavy atom. The van der Waals surface area contributed by atoms with E-state index in [2.05, 4.69) is 21.6 Å². The van der Waals surface area contributed by atoms with Crippen molar-refractivity contribution < 1.29 is 9.53 Å². The van der Waals surface area contributed by atoms with Crippen molar-refractivity contribution in [1.82, 2.24) is 20.2 Å². The van der Waals surface area contributed by atoms with Crippen LogP contribution in [0.25, 0.3) is 5.69 Å². The van der Waals surface area contributed by atoms with E-state index in [1.165, 1.54) is 23.7 Å². The summed E-state index contributed by atoms with van der Waals surface area (Å²) in [6.45, 7) is 4.07. The third-order valence-electron chi connectivity index (χ3n) is 4.19. The summed E-state index contributed by atoms with van der Waals surface area (Å²) in [4.78, 5) is 12.0. The quantitative estimate of drug-likeness (QED) is 0.611. The molecule has 0 unspecified atom stereocenters. The molecule has 1 aromatic carbocycles. The van der Waals surface area contributed by atoms with Gasteiger partial charge in [-0.2, -0.15) is 4.68 Å². The summed E-state index contributed by atoms with van der Waals surface area (Å²) < 4.78 is 7.21. The van der Waals surface area contributed by atoms with Crippen LogP contribution in [-0.4, -0.2) is 38.0 Å². The van der Waals surface area contributed by atoms with Gasteiger partial charge in [-0.15, -0.1) is 5.10 Å². The first-order chi connectivity index (χ1) is 11.6. The number of carbonyl (C=O) groups excluding carboxylic acids is 1. The number of nitrogens with zero attached hydrogens (tertiary/aromatic N) is 4. The van der Waals surface area contributed by atoms with Gasteiger partial charge in [0.2, 0.25) is 5.16 Å². The number of rotatable bonds is 5. The summed E-state index contributed by atoms with van der Waals surface area (Å²) in [5.74, 6) is 0.0315. The highest BCUT2D eigenvalue weighted by Crippen LogP contribution is 2.23. The lowest BCUT2D eigenvalue weighted by Gasteiger charge is -2.21. The van der Waals surface area contributed by atoms with Crippen molar-refractivity contribution >= 4 is 17.7 Å². The van der Waals surface area contributed by atoms with E-state index in [1.807, 2.05) is 26.0 Å². The van der Waals surface area contributed by atoms with Crippen LogP contribution in [0.4, 0.5) is 0 Å². The number of benzene rings is 1. The summed E-state index contributed by atoms with van der Waals surface area (Å²) >= 11 is 1.31. The van der Waals surface area contributed by atoms with Gasteiger partial charge < -0.3 is 4.74 Å². The van der Waals surface area contributed by atoms with Crippen LogP contribution in [-0.2, 0) is 9.53 Å². The number of carbonyl (C=O) groups is 1. The Morgan fingerprint density at radius 2 is 2.08 bits per heavy atom. The first-order valence-electron chi connectivity index (χ1n) is 8.32. The normalized spacial score (nSPS) is 15.4. The van der Waals surface area contributed by atoms with Crippen LogP contribution in [0, 0.1) is 13.8 Å². The number of esters is 1. The SMILES string of the molecule is Cc1ccc(-n2nnnc2SCC(=O)OC2CCCCC2)c(C)c1. The molecule has 24 heavy (non-hydrogen) atoms. The highest BCUT2D eigenvalue weighted by molar-refractivity contribution is 7.99. The molecule has 0 radical (unpaired) electrons. The summed E-state index contributed by atoms with van der Waals surface area (Å²) in [5.41, 5.74) is 3.21. The highest BCUT2D eigenvalue weighted by atomic mass is 32.2. The molecule has 0 atom stereocenters. The van der Waals surface area contributed by atoms with E-state index in [9.17, 15) is 4.79 Å². The second-order valence-electron chi connectivity index (χ2n) is 6.20. The zero-order chi connectivity index (χ0) is 16.9. The van der Waals surface area contributed by atoms with Crippen LogP contribution in [0.2, 0.25) is 0 Å². The third-order valence-corrected chi connectivity index (χ3v) is 5.08. The lowest BCUT2D eigenvalue weighted by atomic mass is 9.98. The predicted molar refractivity (Wildman–Crippen MR) is 92.3 cm³/mol. The molecule has 1 aliphatic carbocycles. The molecule has 7 heteroatoms. The number of hydrogen-bond donors (Lipinski definition) is 0. The average molecular weight is 346 g/mol. The van der Waals surface area contributed by atoms with Gasteiger partial charge in [0.15, 0.2) is 0 Å². The predicted octanol–water partition coefficient (Wildman–Crippen LogP) is 3.25. The van der Waals surface area contributed by atoms with Gasteiger partial charge in [0.05, 0.1) is 11.4 Å². The number of aromatic nitrogens is 4. The van der Waals surface area contributed by atoms with Crippen molar-refractivity contribution in [2.24, 2.45) is 0 Å². The molecule has 1 saturated carbocycles. The maximum absolute atomic E-state index is 12.0. The molecule has 0 bridgehead atoms. The van der Waals surface area contributed by atoms with Crippen molar-refractivity contribution in [2.75, 3.05) is 5.75 Å². The van der Waals surface area contributed by atoms with Gasteiger partial charge in [0.1, 0.15) is 6.10 Å². The molecular formula is C17H22N4O2S. The van der Waals surface area contributed by atoms with Gasteiger partial charge in [0.25, 0.3) is 0 Å². The van der Waals surface area contributed by atoms with Crippen LogP contribution >= 0.6 is 11.8 Å². The molecule has 0 saturated heterocycles. The molecule has 128 valence electrons. The fraction of sp³-hybridized carbons (Fsp3) is 0.529. The summed E-state index contributed by atoms with van der Waals surface area (Å²) in [7, 11) is 0. The van der Waals surface area contributed by atoms with Crippen molar-refractivity contribution in [1.29, 1.82) is 0 Å². The van der Waals surface area contributed by atoms with Crippen LogP contribution in [0.3, 0.4) is 0 Å². The molecule has 0 aliphatic heterocycles. The second kappa shape index (κ2) is 7.79. The Morgan fingerprint density at radius 1 is 1.29 bits per heavy atom. The standard InChI is InChI=1S/C17H22N4O2S/c1-12-8-9-15(13(2)10-12)21-17(18-19-20-21)24-11-16(22)23-14-6-4-3-5-7-14/h8-10,14H,3-7,11H2,1-2H3. The van der Waals surface area contributed by atoms with E-state index < -0.39 is 0 Å². The molecule has 1 fully saturated rings. The number of thioether (sulfide) groups is 1. The van der Waals surface area contributed by atoms with Gasteiger partial charge >= 0.3 is 5.97 Å². The number of ether oxygens (including phenoxy) is 1. The number of tetrazole rings is 1. The fourth-order valence-corrected chi connectivity index (χ4v) is 3.66. The maximum atomic E-state index is 12.0. The van der Waals surface area contributed by atoms with Crippen molar-refractivity contribution in [3.05, 3.63) is 29.3 Å². The van der Waals surface area contributed by atoms with Crippen LogP contribution in [0.1, 0.15) is 43.2 Å². The Labute approximate surface area is 146 Å². The number of aryl methyl sites for hydroxylation is 2. The molecule has 1 heterocycles. The fourth-order valence-electron chi connectivity index (χ4n) is 2.99. The molecule has 2 aromatic rings. The Balaban J connectivity index is 1.62. The van der Waals surface area contributed by atoms with Gasteiger partial charge in [0, 0.05) is 0 Å². The Kier molecular flexibility index (Phi) is 5.50. The van der Waals surface area contributed by atoms with Gasteiger partial charge in [-0.1, -0.05) is 35.9 Å². The zero-order valence-electron chi connectivity index (χ0n) is 14.1. The van der Waals surface area contributed by atoms with E-state index >= 15 is 0 Å². The topological polar surface area (TPSA) is 69.9 Å². The molecule has 6 nitrogen and oxygen atoms in total. The molecule has 0 amide bonds. The number of hydrogen-bond acceptors (Lipinski definition) is 6. The highest BCUT2D eigenvalue weighted by Gasteiger charge is 2.19. The van der Waals surface area contributed by atoms with Gasteiger partial charge in [-0.25, -0.2) is 0 Å². The van der Waals surface area contributed by atoms with E-state index in [0.717, 1.165) is 36.9 Å². The van der Waals surface area contributed by atoms with Crippen molar-refractivity contribution in [3.63, 3.8) is 0 Å². The van der Waals surface area contributed by atoms with Crippen LogP contribution in [0.15, 0.2) is 23.4 Å². The van der Waals surface area contributed by atoms with Crippen LogP contribution < -0.4 is 0 Å². The minimum Gasteiger partial charge on any atom is -0.462 e. The Bertz CT molecular complexity index is 710. The third kappa shape index (κ3) is 4.14. The van der Waals surface area contributed by atoms with E-state index in [0.29, 0.717) is 5.16 Å².